The normalized spacial score (nSPS) is 15.1. The number of anilines is 1. The number of aliphatic hydroxyl groups excluding tert-OH is 1. The quantitative estimate of drug-likeness (QED) is 0.631. The van der Waals surface area contributed by atoms with Gasteiger partial charge in [-0.3, -0.25) is 9.59 Å². The van der Waals surface area contributed by atoms with E-state index >= 15 is 0 Å². The minimum atomic E-state index is -0.218. The Morgan fingerprint density at radius 2 is 2.00 bits per heavy atom. The molecule has 1 aromatic heterocycles. The summed E-state index contributed by atoms with van der Waals surface area (Å²) in [6.45, 7) is -0.00418. The molecule has 0 saturated carbocycles. The fourth-order valence-corrected chi connectivity index (χ4v) is 1.84. The number of amides is 2. The van der Waals surface area contributed by atoms with Crippen molar-refractivity contribution in [1.82, 2.24) is 4.98 Å². The third-order valence-electron chi connectivity index (χ3n) is 2.70. The maximum atomic E-state index is 11.8. The van der Waals surface area contributed by atoms with Crippen molar-refractivity contribution in [3.63, 3.8) is 0 Å². The largest absolute Gasteiger partial charge is 0.395 e. The lowest BCUT2D eigenvalue weighted by molar-refractivity contribution is -0.129. The number of hydrogen-bond acceptors (Lipinski definition) is 4. The minimum absolute atomic E-state index is 0.00418. The highest BCUT2D eigenvalue weighted by Gasteiger charge is 2.28. The Labute approximate surface area is 111 Å². The summed E-state index contributed by atoms with van der Waals surface area (Å²) in [7, 11) is 0. The van der Waals surface area contributed by atoms with Crippen molar-refractivity contribution in [3.8, 4) is 11.8 Å². The van der Waals surface area contributed by atoms with Crippen LogP contribution in [0.25, 0.3) is 0 Å². The number of carbonyl (C=O) groups excluding carboxylic acids is 2. The number of pyridine rings is 1. The lowest BCUT2D eigenvalue weighted by Crippen LogP contribution is -2.40. The zero-order chi connectivity index (χ0) is 13.7. The van der Waals surface area contributed by atoms with Crippen LogP contribution in [0, 0.1) is 11.8 Å². The molecule has 1 fully saturated rings. The van der Waals surface area contributed by atoms with Gasteiger partial charge < -0.3 is 5.11 Å². The molecule has 1 aliphatic heterocycles. The molecule has 5 heteroatoms. The number of rotatable bonds is 2. The van der Waals surface area contributed by atoms with Crippen LogP contribution in [-0.2, 0) is 9.59 Å². The SMILES string of the molecule is O=C1CCCC(=O)N1c1cccc(C#CCCO)n1. The lowest BCUT2D eigenvalue weighted by atomic mass is 10.1. The summed E-state index contributed by atoms with van der Waals surface area (Å²) in [5.74, 6) is 5.43. The fourth-order valence-electron chi connectivity index (χ4n) is 1.84. The van der Waals surface area contributed by atoms with Crippen molar-refractivity contribution in [3.05, 3.63) is 23.9 Å². The van der Waals surface area contributed by atoms with E-state index in [0.717, 1.165) is 4.90 Å². The molecule has 2 amide bonds. The molecular formula is C14H14N2O3. The summed E-state index contributed by atoms with van der Waals surface area (Å²) in [5.41, 5.74) is 0.483. The third kappa shape index (κ3) is 3.18. The van der Waals surface area contributed by atoms with Gasteiger partial charge in [-0.2, -0.15) is 0 Å². The number of hydrogen-bond donors (Lipinski definition) is 1. The highest BCUT2D eigenvalue weighted by molar-refractivity contribution is 6.15. The molecule has 0 aromatic carbocycles. The smallest absolute Gasteiger partial charge is 0.234 e. The number of carbonyl (C=O) groups is 2. The molecule has 1 aromatic rings. The fraction of sp³-hybridized carbons (Fsp3) is 0.357. The van der Waals surface area contributed by atoms with Gasteiger partial charge in [-0.25, -0.2) is 9.88 Å². The highest BCUT2D eigenvalue weighted by Crippen LogP contribution is 2.19. The van der Waals surface area contributed by atoms with E-state index in [-0.39, 0.29) is 18.4 Å². The zero-order valence-electron chi connectivity index (χ0n) is 10.4. The zero-order valence-corrected chi connectivity index (χ0v) is 10.4. The molecular weight excluding hydrogens is 244 g/mol. The first-order chi connectivity index (χ1) is 9.22. The minimum Gasteiger partial charge on any atom is -0.395 e. The van der Waals surface area contributed by atoms with Crippen molar-refractivity contribution < 1.29 is 14.7 Å². The van der Waals surface area contributed by atoms with E-state index in [1.165, 1.54) is 0 Å². The predicted octanol–water partition coefficient (Wildman–Crippen LogP) is 0.859. The van der Waals surface area contributed by atoms with Crippen molar-refractivity contribution >= 4 is 17.6 Å². The number of aliphatic hydroxyl groups is 1. The predicted molar refractivity (Wildman–Crippen MR) is 69.2 cm³/mol. The van der Waals surface area contributed by atoms with Crippen LogP contribution in [0.2, 0.25) is 0 Å². The number of piperidine rings is 1. The Balaban J connectivity index is 2.25. The summed E-state index contributed by atoms with van der Waals surface area (Å²) in [5, 5.41) is 8.65. The van der Waals surface area contributed by atoms with Crippen LogP contribution in [0.15, 0.2) is 18.2 Å². The Kier molecular flexibility index (Phi) is 4.26. The van der Waals surface area contributed by atoms with Crippen LogP contribution < -0.4 is 4.90 Å². The molecule has 0 bridgehead atoms. The van der Waals surface area contributed by atoms with Gasteiger partial charge in [0.15, 0.2) is 0 Å². The molecule has 5 nitrogen and oxygen atoms in total. The van der Waals surface area contributed by atoms with E-state index in [2.05, 4.69) is 16.8 Å². The van der Waals surface area contributed by atoms with Crippen LogP contribution in [0.5, 0.6) is 0 Å². The Morgan fingerprint density at radius 3 is 2.68 bits per heavy atom. The Morgan fingerprint density at radius 1 is 1.26 bits per heavy atom. The van der Waals surface area contributed by atoms with E-state index in [1.54, 1.807) is 18.2 Å². The van der Waals surface area contributed by atoms with E-state index < -0.39 is 0 Å². The highest BCUT2D eigenvalue weighted by atomic mass is 16.2. The molecule has 1 N–H and O–H groups in total. The number of aromatic nitrogens is 1. The third-order valence-corrected chi connectivity index (χ3v) is 2.70. The first kappa shape index (κ1) is 13.2. The summed E-state index contributed by atoms with van der Waals surface area (Å²) < 4.78 is 0. The van der Waals surface area contributed by atoms with Gasteiger partial charge in [0, 0.05) is 19.3 Å². The topological polar surface area (TPSA) is 70.5 Å². The molecule has 0 spiro atoms. The second kappa shape index (κ2) is 6.12. The van der Waals surface area contributed by atoms with Gasteiger partial charge in [-0.1, -0.05) is 12.0 Å². The first-order valence-corrected chi connectivity index (χ1v) is 6.15. The van der Waals surface area contributed by atoms with E-state index in [9.17, 15) is 9.59 Å². The Bertz CT molecular complexity index is 541. The van der Waals surface area contributed by atoms with Crippen molar-refractivity contribution in [2.24, 2.45) is 0 Å². The van der Waals surface area contributed by atoms with Crippen LogP contribution in [-0.4, -0.2) is 28.5 Å². The summed E-state index contributed by atoms with van der Waals surface area (Å²) in [6.07, 6.45) is 1.71. The van der Waals surface area contributed by atoms with Crippen LogP contribution in [0.3, 0.4) is 0 Å². The molecule has 1 aliphatic rings. The maximum Gasteiger partial charge on any atom is 0.234 e. The standard InChI is InChI=1S/C14H14N2O3/c17-10-2-1-5-11-6-3-7-12(15-11)16-13(18)8-4-9-14(16)19/h3,6-7,17H,2,4,8-10H2. The van der Waals surface area contributed by atoms with Crippen LogP contribution >= 0.6 is 0 Å². The molecule has 1 saturated heterocycles. The molecule has 0 atom stereocenters. The van der Waals surface area contributed by atoms with Gasteiger partial charge in [0.1, 0.15) is 11.5 Å². The molecule has 98 valence electrons. The van der Waals surface area contributed by atoms with Gasteiger partial charge in [0.2, 0.25) is 11.8 Å². The monoisotopic (exact) mass is 258 g/mol. The van der Waals surface area contributed by atoms with Crippen LogP contribution in [0.1, 0.15) is 31.4 Å². The van der Waals surface area contributed by atoms with Crippen molar-refractivity contribution in [2.45, 2.75) is 25.7 Å². The van der Waals surface area contributed by atoms with E-state index in [4.69, 9.17) is 5.11 Å². The Hall–Kier alpha value is -2.19. The number of imide groups is 1. The van der Waals surface area contributed by atoms with Gasteiger partial charge in [-0.05, 0) is 24.5 Å². The van der Waals surface area contributed by atoms with Gasteiger partial charge in [0.05, 0.1) is 6.61 Å². The summed E-state index contributed by atoms with van der Waals surface area (Å²) in [4.78, 5) is 28.9. The van der Waals surface area contributed by atoms with Gasteiger partial charge in [-0.15, -0.1) is 0 Å². The summed E-state index contributed by atoms with van der Waals surface area (Å²) in [6, 6.07) is 5.03. The molecule has 0 unspecified atom stereocenters. The molecule has 19 heavy (non-hydrogen) atoms. The average Bonchev–Trinajstić information content (AvgIpc) is 2.39. The van der Waals surface area contributed by atoms with E-state index in [1.807, 2.05) is 0 Å². The van der Waals surface area contributed by atoms with Gasteiger partial charge in [0.25, 0.3) is 0 Å². The van der Waals surface area contributed by atoms with Crippen molar-refractivity contribution in [2.75, 3.05) is 11.5 Å². The second-order valence-electron chi connectivity index (χ2n) is 4.13. The molecule has 0 aliphatic carbocycles. The number of nitrogens with zero attached hydrogens (tertiary/aromatic N) is 2. The maximum absolute atomic E-state index is 11.8. The molecule has 0 radical (unpaired) electrons. The van der Waals surface area contributed by atoms with Crippen molar-refractivity contribution in [1.29, 1.82) is 0 Å². The van der Waals surface area contributed by atoms with E-state index in [0.29, 0.717) is 37.2 Å². The van der Waals surface area contributed by atoms with Gasteiger partial charge >= 0.3 is 0 Å². The molecule has 2 heterocycles. The average molecular weight is 258 g/mol. The summed E-state index contributed by atoms with van der Waals surface area (Å²) >= 11 is 0. The first-order valence-electron chi connectivity index (χ1n) is 6.15. The van der Waals surface area contributed by atoms with Crippen LogP contribution in [0.4, 0.5) is 5.82 Å². The second-order valence-corrected chi connectivity index (χ2v) is 4.13. The lowest BCUT2D eigenvalue weighted by Gasteiger charge is -2.23. The molecule has 2 rings (SSSR count).